The van der Waals surface area contributed by atoms with E-state index in [1.165, 1.54) is 0 Å². The van der Waals surface area contributed by atoms with Crippen molar-refractivity contribution >= 4 is 34.2 Å². The minimum atomic E-state index is -0.574. The number of hydrogen-bond donors (Lipinski definition) is 2. The molecule has 0 radical (unpaired) electrons. The van der Waals surface area contributed by atoms with Gasteiger partial charge in [0, 0.05) is 37.9 Å². The van der Waals surface area contributed by atoms with Crippen LogP contribution in [-0.2, 0) is 9.53 Å². The number of carbonyl (C=O) groups is 3. The molecule has 8 heteroatoms. The van der Waals surface area contributed by atoms with Crippen LogP contribution in [0.2, 0.25) is 0 Å². The maximum atomic E-state index is 13.0. The number of nitrogens with two attached hydrogens (primary N) is 1. The first-order valence-electron chi connectivity index (χ1n) is 11.2. The lowest BCUT2D eigenvalue weighted by atomic mass is 10.0. The summed E-state index contributed by atoms with van der Waals surface area (Å²) < 4.78 is 5.24. The van der Waals surface area contributed by atoms with E-state index in [0.29, 0.717) is 38.2 Å². The SMILES string of the molecule is CC(=O)c1ccc2cc(N(C)CC(=O)N(CCCN)CCNC(=O)OC(C)(C)C)ccc2c1. The molecule has 0 bridgehead atoms. The lowest BCUT2D eigenvalue weighted by Gasteiger charge is -2.27. The number of alkyl carbamates (subject to hydrolysis) is 1. The molecule has 180 valence electrons. The third kappa shape index (κ3) is 8.38. The minimum Gasteiger partial charge on any atom is -0.444 e. The van der Waals surface area contributed by atoms with Crippen molar-refractivity contribution in [1.82, 2.24) is 10.2 Å². The van der Waals surface area contributed by atoms with Gasteiger partial charge in [-0.05, 0) is 69.6 Å². The van der Waals surface area contributed by atoms with Gasteiger partial charge >= 0.3 is 6.09 Å². The van der Waals surface area contributed by atoms with Crippen LogP contribution in [0.5, 0.6) is 0 Å². The molecule has 0 spiro atoms. The Bertz CT molecular complexity index is 984. The molecule has 0 aliphatic rings. The summed E-state index contributed by atoms with van der Waals surface area (Å²) in [7, 11) is 1.86. The van der Waals surface area contributed by atoms with Crippen molar-refractivity contribution in [3.8, 4) is 0 Å². The zero-order valence-electron chi connectivity index (χ0n) is 20.3. The highest BCUT2D eigenvalue weighted by Crippen LogP contribution is 2.23. The van der Waals surface area contributed by atoms with Crippen molar-refractivity contribution < 1.29 is 19.1 Å². The van der Waals surface area contributed by atoms with Gasteiger partial charge in [-0.1, -0.05) is 18.2 Å². The highest BCUT2D eigenvalue weighted by atomic mass is 16.6. The van der Waals surface area contributed by atoms with Crippen molar-refractivity contribution in [2.75, 3.05) is 44.7 Å². The van der Waals surface area contributed by atoms with Crippen LogP contribution in [0.1, 0.15) is 44.5 Å². The molecule has 0 saturated carbocycles. The minimum absolute atomic E-state index is 0.0300. The van der Waals surface area contributed by atoms with Gasteiger partial charge in [-0.3, -0.25) is 9.59 Å². The van der Waals surface area contributed by atoms with Crippen LogP contribution in [0.4, 0.5) is 10.5 Å². The highest BCUT2D eigenvalue weighted by Gasteiger charge is 2.18. The van der Waals surface area contributed by atoms with E-state index in [1.807, 2.05) is 48.3 Å². The largest absolute Gasteiger partial charge is 0.444 e. The molecule has 0 unspecified atom stereocenters. The molecule has 0 saturated heterocycles. The molecular weight excluding hydrogens is 420 g/mol. The monoisotopic (exact) mass is 456 g/mol. The zero-order valence-corrected chi connectivity index (χ0v) is 20.3. The van der Waals surface area contributed by atoms with Gasteiger partial charge in [-0.15, -0.1) is 0 Å². The van der Waals surface area contributed by atoms with Crippen LogP contribution >= 0.6 is 0 Å². The average Bonchev–Trinajstić information content (AvgIpc) is 2.73. The number of fused-ring (bicyclic) bond motifs is 1. The molecular formula is C25H36N4O4. The van der Waals surface area contributed by atoms with E-state index in [9.17, 15) is 14.4 Å². The lowest BCUT2D eigenvalue weighted by molar-refractivity contribution is -0.129. The van der Waals surface area contributed by atoms with Crippen LogP contribution in [0.25, 0.3) is 10.8 Å². The summed E-state index contributed by atoms with van der Waals surface area (Å²) in [6.45, 7) is 8.80. The van der Waals surface area contributed by atoms with Crippen LogP contribution in [0.15, 0.2) is 36.4 Å². The first-order chi connectivity index (χ1) is 15.5. The fraction of sp³-hybridized carbons (Fsp3) is 0.480. The van der Waals surface area contributed by atoms with Gasteiger partial charge in [0.1, 0.15) is 5.60 Å². The predicted octanol–water partition coefficient (Wildman–Crippen LogP) is 3.18. The van der Waals surface area contributed by atoms with Crippen molar-refractivity contribution in [3.63, 3.8) is 0 Å². The number of rotatable bonds is 10. The lowest BCUT2D eigenvalue weighted by Crippen LogP contribution is -2.44. The van der Waals surface area contributed by atoms with Gasteiger partial charge in [0.25, 0.3) is 0 Å². The number of hydrogen-bond acceptors (Lipinski definition) is 6. The number of amides is 2. The Hall–Kier alpha value is -3.13. The molecule has 2 rings (SSSR count). The third-order valence-electron chi connectivity index (χ3n) is 5.08. The molecule has 0 aliphatic carbocycles. The highest BCUT2D eigenvalue weighted by molar-refractivity contribution is 5.99. The number of ether oxygens (including phenoxy) is 1. The summed E-state index contributed by atoms with van der Waals surface area (Å²) in [6, 6.07) is 11.5. The number of carbonyl (C=O) groups excluding carboxylic acids is 3. The number of nitrogens with zero attached hydrogens (tertiary/aromatic N) is 2. The summed E-state index contributed by atoms with van der Waals surface area (Å²) in [5, 5.41) is 4.67. The fourth-order valence-corrected chi connectivity index (χ4v) is 3.33. The van der Waals surface area contributed by atoms with E-state index >= 15 is 0 Å². The molecule has 2 amide bonds. The van der Waals surface area contributed by atoms with Crippen LogP contribution in [-0.4, -0.2) is 68.1 Å². The van der Waals surface area contributed by atoms with Gasteiger partial charge in [0.2, 0.25) is 5.91 Å². The molecule has 0 fully saturated rings. The van der Waals surface area contributed by atoms with E-state index in [0.717, 1.165) is 16.5 Å². The fourth-order valence-electron chi connectivity index (χ4n) is 3.33. The summed E-state index contributed by atoms with van der Waals surface area (Å²) >= 11 is 0. The van der Waals surface area contributed by atoms with Gasteiger partial charge < -0.3 is 25.6 Å². The van der Waals surface area contributed by atoms with E-state index in [2.05, 4.69) is 5.32 Å². The summed E-state index contributed by atoms with van der Waals surface area (Å²) in [5.41, 5.74) is 6.64. The second-order valence-electron chi connectivity index (χ2n) is 9.11. The third-order valence-corrected chi connectivity index (χ3v) is 5.08. The Kier molecular flexibility index (Phi) is 9.22. The van der Waals surface area contributed by atoms with Crippen molar-refractivity contribution in [2.45, 2.75) is 39.7 Å². The van der Waals surface area contributed by atoms with Gasteiger partial charge in [0.05, 0.1) is 6.54 Å². The Balaban J connectivity index is 2.01. The summed E-state index contributed by atoms with van der Waals surface area (Å²) in [6.07, 6.45) is 0.172. The second-order valence-corrected chi connectivity index (χ2v) is 9.11. The van der Waals surface area contributed by atoms with Crippen molar-refractivity contribution in [2.24, 2.45) is 5.73 Å². The summed E-state index contributed by atoms with van der Waals surface area (Å²) in [5.74, 6) is -0.0219. The molecule has 0 heterocycles. The van der Waals surface area contributed by atoms with E-state index in [1.54, 1.807) is 32.6 Å². The number of likely N-dealkylation sites (N-methyl/N-ethyl adjacent to an activating group) is 1. The second kappa shape index (κ2) is 11.7. The Labute approximate surface area is 196 Å². The predicted molar refractivity (Wildman–Crippen MR) is 132 cm³/mol. The average molecular weight is 457 g/mol. The Morgan fingerprint density at radius 3 is 2.33 bits per heavy atom. The number of ketones is 1. The van der Waals surface area contributed by atoms with Crippen molar-refractivity contribution in [3.05, 3.63) is 42.0 Å². The van der Waals surface area contributed by atoms with Crippen LogP contribution in [0, 0.1) is 0 Å². The zero-order chi connectivity index (χ0) is 24.6. The van der Waals surface area contributed by atoms with Crippen LogP contribution < -0.4 is 16.0 Å². The quantitative estimate of drug-likeness (QED) is 0.532. The smallest absolute Gasteiger partial charge is 0.407 e. The van der Waals surface area contributed by atoms with E-state index < -0.39 is 11.7 Å². The molecule has 0 atom stereocenters. The molecule has 2 aromatic rings. The first-order valence-corrected chi connectivity index (χ1v) is 11.2. The van der Waals surface area contributed by atoms with Gasteiger partial charge in [-0.2, -0.15) is 0 Å². The Morgan fingerprint density at radius 1 is 1.03 bits per heavy atom. The number of anilines is 1. The molecule has 33 heavy (non-hydrogen) atoms. The normalized spacial score (nSPS) is 11.2. The van der Waals surface area contributed by atoms with E-state index in [4.69, 9.17) is 10.5 Å². The number of Topliss-reactive ketones (excluding diaryl/α,β-unsaturated/α-hetero) is 1. The van der Waals surface area contributed by atoms with Crippen LogP contribution in [0.3, 0.4) is 0 Å². The maximum absolute atomic E-state index is 13.0. The van der Waals surface area contributed by atoms with E-state index in [-0.39, 0.29) is 18.2 Å². The first kappa shape index (κ1) is 26.1. The molecule has 8 nitrogen and oxygen atoms in total. The van der Waals surface area contributed by atoms with Crippen molar-refractivity contribution in [1.29, 1.82) is 0 Å². The Morgan fingerprint density at radius 2 is 1.70 bits per heavy atom. The maximum Gasteiger partial charge on any atom is 0.407 e. The summed E-state index contributed by atoms with van der Waals surface area (Å²) in [4.78, 5) is 40.1. The number of nitrogens with one attached hydrogen (secondary N) is 1. The number of benzene rings is 2. The molecule has 0 aromatic heterocycles. The van der Waals surface area contributed by atoms with Gasteiger partial charge in [0.15, 0.2) is 5.78 Å². The molecule has 2 aromatic carbocycles. The molecule has 3 N–H and O–H groups in total. The van der Waals surface area contributed by atoms with Gasteiger partial charge in [-0.25, -0.2) is 4.79 Å². The topological polar surface area (TPSA) is 105 Å². The standard InChI is InChI=1S/C25H36N4O4/c1-18(30)19-7-8-21-16-22(10-9-20(21)15-19)28(5)17-23(31)29(13-6-11-26)14-12-27-24(32)33-25(2,3)4/h7-10,15-16H,6,11-14,17,26H2,1-5H3,(H,27,32). The molecule has 0 aliphatic heterocycles.